The summed E-state index contributed by atoms with van der Waals surface area (Å²) in [5, 5.41) is 0. The highest BCUT2D eigenvalue weighted by atomic mass is 32.1. The van der Waals surface area contributed by atoms with Gasteiger partial charge in [-0.1, -0.05) is 47.6 Å². The monoisotopic (exact) mass is 378 g/mol. The van der Waals surface area contributed by atoms with E-state index in [2.05, 4.69) is 10.9 Å². The van der Waals surface area contributed by atoms with Crippen LogP contribution < -0.4 is 4.80 Å². The number of thiazole rings is 1. The van der Waals surface area contributed by atoms with Gasteiger partial charge in [0, 0.05) is 0 Å². The summed E-state index contributed by atoms with van der Waals surface area (Å²) in [6.07, 6.45) is 5.71. The van der Waals surface area contributed by atoms with E-state index in [0.717, 1.165) is 15.8 Å². The number of hydrogen-bond donors (Lipinski definition) is 0. The first kappa shape index (κ1) is 18.6. The van der Waals surface area contributed by atoms with Gasteiger partial charge >= 0.3 is 5.97 Å². The fraction of sp³-hybridized carbons (Fsp3) is 0.190. The summed E-state index contributed by atoms with van der Waals surface area (Å²) >= 11 is 1.32. The number of nitrogens with zero attached hydrogens (tertiary/aromatic N) is 2. The third-order valence-corrected chi connectivity index (χ3v) is 4.90. The Morgan fingerprint density at radius 3 is 2.70 bits per heavy atom. The number of benzene rings is 2. The zero-order valence-electron chi connectivity index (χ0n) is 14.8. The van der Waals surface area contributed by atoms with E-state index in [1.165, 1.54) is 11.3 Å². The van der Waals surface area contributed by atoms with Gasteiger partial charge in [0.25, 0.3) is 5.91 Å². The molecule has 3 rings (SSSR count). The molecule has 1 aromatic heterocycles. The average molecular weight is 378 g/mol. The molecule has 136 valence electrons. The van der Waals surface area contributed by atoms with Crippen molar-refractivity contribution in [3.05, 3.63) is 64.5 Å². The molecular weight excluding hydrogens is 360 g/mol. The molecule has 0 radical (unpaired) electrons. The maximum Gasteiger partial charge on any atom is 0.338 e. The van der Waals surface area contributed by atoms with Gasteiger partial charge in [0.2, 0.25) is 0 Å². The first-order valence-electron chi connectivity index (χ1n) is 8.48. The fourth-order valence-electron chi connectivity index (χ4n) is 2.66. The van der Waals surface area contributed by atoms with Crippen molar-refractivity contribution in [3.63, 3.8) is 0 Å². The van der Waals surface area contributed by atoms with Crippen molar-refractivity contribution in [3.8, 4) is 12.3 Å². The van der Waals surface area contributed by atoms with Gasteiger partial charge in [0.1, 0.15) is 0 Å². The maximum absolute atomic E-state index is 12.4. The normalized spacial score (nSPS) is 11.3. The third kappa shape index (κ3) is 4.33. The summed E-state index contributed by atoms with van der Waals surface area (Å²) in [6.45, 7) is 2.36. The lowest BCUT2D eigenvalue weighted by molar-refractivity contribution is -0.117. The van der Waals surface area contributed by atoms with Crippen molar-refractivity contribution < 1.29 is 14.3 Å². The number of carbonyl (C=O) groups excluding carboxylic acids is 2. The molecule has 0 saturated heterocycles. The Labute approximate surface area is 160 Å². The first-order chi connectivity index (χ1) is 13.1. The predicted molar refractivity (Wildman–Crippen MR) is 105 cm³/mol. The van der Waals surface area contributed by atoms with Crippen LogP contribution in [0.5, 0.6) is 0 Å². The van der Waals surface area contributed by atoms with Gasteiger partial charge in [0.05, 0.1) is 35.4 Å². The molecule has 5 nitrogen and oxygen atoms in total. The molecule has 0 fully saturated rings. The molecule has 1 amide bonds. The minimum Gasteiger partial charge on any atom is -0.462 e. The second kappa shape index (κ2) is 8.47. The minimum atomic E-state index is -0.380. The smallest absolute Gasteiger partial charge is 0.338 e. The van der Waals surface area contributed by atoms with E-state index in [4.69, 9.17) is 11.2 Å². The van der Waals surface area contributed by atoms with Gasteiger partial charge in [0.15, 0.2) is 4.80 Å². The van der Waals surface area contributed by atoms with Gasteiger partial charge in [-0.3, -0.25) is 4.79 Å². The van der Waals surface area contributed by atoms with Crippen LogP contribution in [0, 0.1) is 12.3 Å². The maximum atomic E-state index is 12.4. The summed E-state index contributed by atoms with van der Waals surface area (Å²) in [5.74, 6) is 1.96. The van der Waals surface area contributed by atoms with Crippen LogP contribution in [-0.2, 0) is 22.5 Å². The Hall–Kier alpha value is -3.17. The number of amides is 1. The third-order valence-electron chi connectivity index (χ3n) is 3.86. The van der Waals surface area contributed by atoms with Crippen molar-refractivity contribution in [1.82, 2.24) is 4.57 Å². The van der Waals surface area contributed by atoms with E-state index in [0.29, 0.717) is 17.0 Å². The molecule has 0 N–H and O–H groups in total. The molecule has 1 heterocycles. The number of hydrogen-bond acceptors (Lipinski definition) is 4. The first-order valence-corrected chi connectivity index (χ1v) is 9.29. The van der Waals surface area contributed by atoms with E-state index in [1.54, 1.807) is 29.7 Å². The number of fused-ring (bicyclic) bond motifs is 1. The van der Waals surface area contributed by atoms with Crippen molar-refractivity contribution in [2.24, 2.45) is 4.99 Å². The standard InChI is InChI=1S/C21H18N2O3S/c1-3-12-23-17-11-10-16(20(25)26-4-2)14-18(17)27-21(23)22-19(24)13-15-8-6-5-7-9-15/h1,5-11,14H,4,12-13H2,2H3. The molecule has 3 aromatic rings. The number of ether oxygens (including phenoxy) is 1. The largest absolute Gasteiger partial charge is 0.462 e. The lowest BCUT2D eigenvalue weighted by Crippen LogP contribution is -2.17. The topological polar surface area (TPSA) is 60.7 Å². The molecule has 0 saturated carbocycles. The zero-order chi connectivity index (χ0) is 19.2. The van der Waals surface area contributed by atoms with Gasteiger partial charge in [-0.05, 0) is 30.7 Å². The van der Waals surface area contributed by atoms with Crippen molar-refractivity contribution >= 4 is 33.4 Å². The van der Waals surface area contributed by atoms with Gasteiger partial charge in [-0.15, -0.1) is 6.42 Å². The SMILES string of the molecule is C#CCn1c(=NC(=O)Cc2ccccc2)sc2cc(C(=O)OCC)ccc21. The average Bonchev–Trinajstić information content (AvgIpc) is 2.99. The second-order valence-electron chi connectivity index (χ2n) is 5.75. The lowest BCUT2D eigenvalue weighted by atomic mass is 10.1. The molecule has 0 bridgehead atoms. The molecule has 0 atom stereocenters. The molecule has 6 heteroatoms. The van der Waals surface area contributed by atoms with Crippen LogP contribution in [0.25, 0.3) is 10.2 Å². The quantitative estimate of drug-likeness (QED) is 0.506. The summed E-state index contributed by atoms with van der Waals surface area (Å²) in [4.78, 5) is 29.1. The number of esters is 1. The van der Waals surface area contributed by atoms with Crippen molar-refractivity contribution in [2.45, 2.75) is 19.9 Å². The fourth-order valence-corrected chi connectivity index (χ4v) is 3.75. The Balaban J connectivity index is 2.00. The number of terminal acetylenes is 1. The van der Waals surface area contributed by atoms with E-state index < -0.39 is 0 Å². The van der Waals surface area contributed by atoms with E-state index in [-0.39, 0.29) is 24.8 Å². The lowest BCUT2D eigenvalue weighted by Gasteiger charge is -2.03. The molecular formula is C21H18N2O3S. The number of carbonyl (C=O) groups is 2. The van der Waals surface area contributed by atoms with Crippen LogP contribution in [0.2, 0.25) is 0 Å². The molecule has 2 aromatic carbocycles. The highest BCUT2D eigenvalue weighted by Crippen LogP contribution is 2.20. The molecule has 0 aliphatic carbocycles. The number of aromatic nitrogens is 1. The summed E-state index contributed by atoms with van der Waals surface area (Å²) < 4.78 is 7.67. The Morgan fingerprint density at radius 1 is 1.22 bits per heavy atom. The van der Waals surface area contributed by atoms with Gasteiger partial charge < -0.3 is 9.30 Å². The molecule has 27 heavy (non-hydrogen) atoms. The highest BCUT2D eigenvalue weighted by molar-refractivity contribution is 7.16. The molecule has 0 spiro atoms. The summed E-state index contributed by atoms with van der Waals surface area (Å²) in [5.41, 5.74) is 2.19. The zero-order valence-corrected chi connectivity index (χ0v) is 15.7. The Kier molecular flexibility index (Phi) is 5.84. The van der Waals surface area contributed by atoms with E-state index in [9.17, 15) is 9.59 Å². The predicted octanol–water partition coefficient (Wildman–Crippen LogP) is 3.18. The molecule has 0 unspecified atom stereocenters. The Bertz CT molecular complexity index is 1090. The van der Waals surface area contributed by atoms with Gasteiger partial charge in [-0.2, -0.15) is 4.99 Å². The van der Waals surface area contributed by atoms with E-state index >= 15 is 0 Å². The Morgan fingerprint density at radius 2 is 2.00 bits per heavy atom. The van der Waals surface area contributed by atoms with Crippen molar-refractivity contribution in [1.29, 1.82) is 0 Å². The summed E-state index contributed by atoms with van der Waals surface area (Å²) in [6, 6.07) is 14.7. The van der Waals surface area contributed by atoms with E-state index in [1.807, 2.05) is 30.3 Å². The molecule has 0 aliphatic heterocycles. The van der Waals surface area contributed by atoms with Gasteiger partial charge in [-0.25, -0.2) is 4.79 Å². The highest BCUT2D eigenvalue weighted by Gasteiger charge is 2.12. The van der Waals surface area contributed by atoms with Crippen LogP contribution in [0.15, 0.2) is 53.5 Å². The molecule has 0 aliphatic rings. The number of rotatable bonds is 5. The van der Waals surface area contributed by atoms with Crippen molar-refractivity contribution in [2.75, 3.05) is 6.61 Å². The van der Waals surface area contributed by atoms with Crippen LogP contribution in [0.4, 0.5) is 0 Å². The second-order valence-corrected chi connectivity index (χ2v) is 6.75. The van der Waals surface area contributed by atoms with Crippen LogP contribution in [0.3, 0.4) is 0 Å². The minimum absolute atomic E-state index is 0.221. The van der Waals surface area contributed by atoms with Crippen LogP contribution >= 0.6 is 11.3 Å². The summed E-state index contributed by atoms with van der Waals surface area (Å²) in [7, 11) is 0. The van der Waals surface area contributed by atoms with Crippen LogP contribution in [0.1, 0.15) is 22.8 Å². The van der Waals surface area contributed by atoms with Crippen LogP contribution in [-0.4, -0.2) is 23.1 Å².